The zero-order valence-corrected chi connectivity index (χ0v) is 13.0. The van der Waals surface area contributed by atoms with Crippen LogP contribution in [0.2, 0.25) is 0 Å². The molecule has 0 saturated carbocycles. The predicted octanol–water partition coefficient (Wildman–Crippen LogP) is 3.97. The van der Waals surface area contributed by atoms with Crippen molar-refractivity contribution in [2.75, 3.05) is 10.6 Å². The first-order chi connectivity index (χ1) is 9.69. The van der Waals surface area contributed by atoms with E-state index < -0.39 is 0 Å². The zero-order chi connectivity index (χ0) is 14.4. The summed E-state index contributed by atoms with van der Waals surface area (Å²) in [5.41, 5.74) is 3.52. The lowest BCUT2D eigenvalue weighted by molar-refractivity contribution is 0.102. The number of benzene rings is 1. The van der Waals surface area contributed by atoms with Gasteiger partial charge in [0.2, 0.25) is 0 Å². The highest BCUT2D eigenvalue weighted by Gasteiger charge is 2.06. The fraction of sp³-hybridized carbons (Fsp3) is 0.250. The molecule has 1 aromatic heterocycles. The van der Waals surface area contributed by atoms with Gasteiger partial charge < -0.3 is 5.32 Å². The number of alkyl halides is 1. The number of pyridine rings is 1. The van der Waals surface area contributed by atoms with Crippen LogP contribution < -0.4 is 5.32 Å². The van der Waals surface area contributed by atoms with Crippen LogP contribution in [0.1, 0.15) is 28.0 Å². The van der Waals surface area contributed by atoms with Gasteiger partial charge in [-0.05, 0) is 49.6 Å². The van der Waals surface area contributed by atoms with E-state index in [1.807, 2.05) is 31.2 Å². The number of carbonyl (C=O) groups is 1. The molecule has 4 heteroatoms. The Hall–Kier alpha value is -1.68. The smallest absolute Gasteiger partial charge is 0.257 e. The Morgan fingerprint density at radius 2 is 2.15 bits per heavy atom. The SMILES string of the molecule is Cc1ccc(C(=O)Nc2cccc(CCCBr)c2)cn1. The monoisotopic (exact) mass is 332 g/mol. The van der Waals surface area contributed by atoms with Gasteiger partial charge >= 0.3 is 0 Å². The Bertz CT molecular complexity index is 581. The van der Waals surface area contributed by atoms with Gasteiger partial charge in [0.05, 0.1) is 5.56 Å². The molecule has 0 radical (unpaired) electrons. The van der Waals surface area contributed by atoms with Crippen LogP contribution in [0.25, 0.3) is 0 Å². The van der Waals surface area contributed by atoms with E-state index in [0.29, 0.717) is 5.56 Å². The van der Waals surface area contributed by atoms with Gasteiger partial charge in [0, 0.05) is 22.9 Å². The van der Waals surface area contributed by atoms with E-state index in [1.54, 1.807) is 12.3 Å². The van der Waals surface area contributed by atoms with Crippen molar-refractivity contribution in [3.8, 4) is 0 Å². The predicted molar refractivity (Wildman–Crippen MR) is 85.5 cm³/mol. The first-order valence-electron chi connectivity index (χ1n) is 6.58. The number of amides is 1. The summed E-state index contributed by atoms with van der Waals surface area (Å²) in [5, 5.41) is 3.89. The quantitative estimate of drug-likeness (QED) is 0.841. The number of hydrogen-bond donors (Lipinski definition) is 1. The highest BCUT2D eigenvalue weighted by atomic mass is 79.9. The lowest BCUT2D eigenvalue weighted by Crippen LogP contribution is -2.12. The van der Waals surface area contributed by atoms with Gasteiger partial charge in [-0.25, -0.2) is 0 Å². The largest absolute Gasteiger partial charge is 0.322 e. The molecule has 1 N–H and O–H groups in total. The number of aryl methyl sites for hydroxylation is 2. The minimum absolute atomic E-state index is 0.129. The van der Waals surface area contributed by atoms with Gasteiger partial charge in [0.15, 0.2) is 0 Å². The lowest BCUT2D eigenvalue weighted by Gasteiger charge is -2.07. The Labute approximate surface area is 127 Å². The molecule has 0 fully saturated rings. The number of nitrogens with zero attached hydrogens (tertiary/aromatic N) is 1. The van der Waals surface area contributed by atoms with E-state index in [4.69, 9.17) is 0 Å². The van der Waals surface area contributed by atoms with E-state index in [-0.39, 0.29) is 5.91 Å². The van der Waals surface area contributed by atoms with Crippen LogP contribution in [-0.4, -0.2) is 16.2 Å². The molecule has 1 aromatic carbocycles. The number of anilines is 1. The first kappa shape index (κ1) is 14.7. The highest BCUT2D eigenvalue weighted by molar-refractivity contribution is 9.09. The summed E-state index contributed by atoms with van der Waals surface area (Å²) < 4.78 is 0. The molecule has 104 valence electrons. The highest BCUT2D eigenvalue weighted by Crippen LogP contribution is 2.14. The van der Waals surface area contributed by atoms with Crippen LogP contribution in [-0.2, 0) is 6.42 Å². The van der Waals surface area contributed by atoms with Crippen molar-refractivity contribution >= 4 is 27.5 Å². The number of aromatic nitrogens is 1. The normalized spacial score (nSPS) is 10.3. The average Bonchev–Trinajstić information content (AvgIpc) is 2.46. The number of nitrogens with one attached hydrogen (secondary N) is 1. The Morgan fingerprint density at radius 1 is 1.30 bits per heavy atom. The molecule has 3 nitrogen and oxygen atoms in total. The van der Waals surface area contributed by atoms with Gasteiger partial charge in [-0.2, -0.15) is 0 Å². The van der Waals surface area contributed by atoms with E-state index in [9.17, 15) is 4.79 Å². The summed E-state index contributed by atoms with van der Waals surface area (Å²) in [6, 6.07) is 11.6. The molecule has 0 aliphatic carbocycles. The van der Waals surface area contributed by atoms with Crippen LogP contribution in [0.3, 0.4) is 0 Å². The summed E-state index contributed by atoms with van der Waals surface area (Å²) >= 11 is 3.43. The van der Waals surface area contributed by atoms with Crippen molar-refractivity contribution in [3.05, 3.63) is 59.4 Å². The van der Waals surface area contributed by atoms with Crippen molar-refractivity contribution in [1.29, 1.82) is 0 Å². The molecule has 2 aromatic rings. The van der Waals surface area contributed by atoms with Crippen LogP contribution >= 0.6 is 15.9 Å². The van der Waals surface area contributed by atoms with Gasteiger partial charge in [-0.15, -0.1) is 0 Å². The van der Waals surface area contributed by atoms with Crippen molar-refractivity contribution in [1.82, 2.24) is 4.98 Å². The van der Waals surface area contributed by atoms with Crippen LogP contribution in [0.15, 0.2) is 42.6 Å². The second-order valence-corrected chi connectivity index (χ2v) is 5.43. The summed E-state index contributed by atoms with van der Waals surface area (Å²) in [6.07, 6.45) is 3.68. The number of halogens is 1. The van der Waals surface area contributed by atoms with Crippen LogP contribution in [0.5, 0.6) is 0 Å². The second kappa shape index (κ2) is 7.20. The minimum atomic E-state index is -0.129. The van der Waals surface area contributed by atoms with Gasteiger partial charge in [-0.3, -0.25) is 9.78 Å². The third-order valence-electron chi connectivity index (χ3n) is 2.96. The molecule has 20 heavy (non-hydrogen) atoms. The van der Waals surface area contributed by atoms with Gasteiger partial charge in [0.1, 0.15) is 0 Å². The molecule has 0 unspecified atom stereocenters. The maximum atomic E-state index is 12.1. The second-order valence-electron chi connectivity index (χ2n) is 4.64. The Kier molecular flexibility index (Phi) is 5.30. The van der Waals surface area contributed by atoms with E-state index in [2.05, 4.69) is 32.3 Å². The molecule has 2 rings (SSSR count). The maximum Gasteiger partial charge on any atom is 0.257 e. The molecule has 0 atom stereocenters. The topological polar surface area (TPSA) is 42.0 Å². The molecule has 1 heterocycles. The molecule has 0 spiro atoms. The summed E-state index contributed by atoms with van der Waals surface area (Å²) in [6.45, 7) is 1.90. The fourth-order valence-corrected chi connectivity index (χ4v) is 2.16. The number of rotatable bonds is 5. The first-order valence-corrected chi connectivity index (χ1v) is 7.70. The van der Waals surface area contributed by atoms with Crippen molar-refractivity contribution in [2.24, 2.45) is 0 Å². The van der Waals surface area contributed by atoms with Crippen molar-refractivity contribution in [2.45, 2.75) is 19.8 Å². The number of carbonyl (C=O) groups excluding carboxylic acids is 1. The van der Waals surface area contributed by atoms with Crippen molar-refractivity contribution < 1.29 is 4.79 Å². The zero-order valence-electron chi connectivity index (χ0n) is 11.4. The van der Waals surface area contributed by atoms with Gasteiger partial charge in [-0.1, -0.05) is 28.1 Å². The van der Waals surface area contributed by atoms with Crippen LogP contribution in [0, 0.1) is 6.92 Å². The molecule has 0 bridgehead atoms. The van der Waals surface area contributed by atoms with Gasteiger partial charge in [0.25, 0.3) is 5.91 Å². The maximum absolute atomic E-state index is 12.1. The standard InChI is InChI=1S/C16H17BrN2O/c1-12-7-8-14(11-18-12)16(20)19-15-6-2-4-13(10-15)5-3-9-17/h2,4,6-8,10-11H,3,5,9H2,1H3,(H,19,20). The fourth-order valence-electron chi connectivity index (χ4n) is 1.88. The van der Waals surface area contributed by atoms with Crippen LogP contribution in [0.4, 0.5) is 5.69 Å². The summed E-state index contributed by atoms with van der Waals surface area (Å²) in [7, 11) is 0. The molecular weight excluding hydrogens is 316 g/mol. The molecular formula is C16H17BrN2O. The molecule has 0 aliphatic heterocycles. The number of hydrogen-bond acceptors (Lipinski definition) is 2. The minimum Gasteiger partial charge on any atom is -0.322 e. The third-order valence-corrected chi connectivity index (χ3v) is 3.52. The van der Waals surface area contributed by atoms with E-state index >= 15 is 0 Å². The van der Waals surface area contributed by atoms with E-state index in [1.165, 1.54) is 5.56 Å². The Balaban J connectivity index is 2.05. The molecule has 0 saturated heterocycles. The third kappa shape index (κ3) is 4.17. The molecule has 1 amide bonds. The van der Waals surface area contributed by atoms with Crippen molar-refractivity contribution in [3.63, 3.8) is 0 Å². The molecule has 0 aliphatic rings. The Morgan fingerprint density at radius 3 is 2.85 bits per heavy atom. The average molecular weight is 333 g/mol. The summed E-state index contributed by atoms with van der Waals surface area (Å²) in [5.74, 6) is -0.129. The summed E-state index contributed by atoms with van der Waals surface area (Å²) in [4.78, 5) is 16.2. The van der Waals surface area contributed by atoms with E-state index in [0.717, 1.165) is 29.6 Å². The lowest BCUT2D eigenvalue weighted by atomic mass is 10.1.